The van der Waals surface area contributed by atoms with E-state index in [1.807, 2.05) is 94.2 Å². The number of fused-ring (bicyclic) bond motifs is 10. The smallest absolute Gasteiger partial charge is 0.269 e. The molecule has 5 nitrogen and oxygen atoms in total. The van der Waals surface area contributed by atoms with E-state index in [0.29, 0.717) is 56.2 Å². The van der Waals surface area contributed by atoms with Gasteiger partial charge in [-0.25, -0.2) is 4.98 Å². The molecule has 0 saturated carbocycles. The monoisotopic (exact) mass is 1080 g/mol. The van der Waals surface area contributed by atoms with Crippen molar-refractivity contribution < 1.29 is 23.0 Å². The first-order chi connectivity index (χ1) is 44.2. The molecule has 14 rings (SSSR count). The number of nitrogens with zero attached hydrogens (tertiary/aromatic N) is 4. The largest absolute Gasteiger partial charge is 0.458 e. The first-order valence-electron chi connectivity index (χ1n) is 33.2. The van der Waals surface area contributed by atoms with Gasteiger partial charge in [-0.3, -0.25) is 13.7 Å². The molecule has 1 aliphatic heterocycles. The highest BCUT2D eigenvalue weighted by Crippen LogP contribution is 2.50. The molecule has 0 N–H and O–H groups in total. The van der Waals surface area contributed by atoms with Crippen LogP contribution in [0, 0.1) is 6.33 Å². The molecule has 0 atom stereocenters. The minimum absolute atomic E-state index is 0.0255. The second-order valence-electron chi connectivity index (χ2n) is 24.7. The number of ether oxygens (including phenoxy) is 1. The Balaban J connectivity index is 1.09. The third kappa shape index (κ3) is 9.03. The standard InChI is InChI=1S/C78H66N4O/c1-76(2,3)54-39-40-79-72(46-54)82-69-36-19-18-31-64(69)65-38-37-59(48-70(65)82)83-58-28-20-27-57(47-58)80-49-81-74-61(51-25-14-11-15-26-51)33-22-35-67(74)73-60(50-23-12-10-13-24-50)32-21-34-66(73)62-29-16-17-30-63(62)68-43-53(44-71(80)75(68)81)52-41-55(77(4,5)6)45-56(42-52)78(7,8)9/h10-48H,1-9H3/i10D,11D,12D,13D,14D,15D,23D,24D,25D,26D. The number of aromatic nitrogens is 4. The summed E-state index contributed by atoms with van der Waals surface area (Å²) in [5.74, 6) is 1.91. The van der Waals surface area contributed by atoms with E-state index in [-0.39, 0.29) is 32.9 Å². The molecule has 0 aliphatic carbocycles. The van der Waals surface area contributed by atoms with Crippen molar-refractivity contribution in [3.05, 3.63) is 259 Å². The van der Waals surface area contributed by atoms with E-state index in [9.17, 15) is 5.48 Å². The molecule has 83 heavy (non-hydrogen) atoms. The van der Waals surface area contributed by atoms with E-state index < -0.39 is 60.4 Å². The molecule has 0 unspecified atom stereocenters. The molecule has 10 aromatic carbocycles. The fraction of sp³-hybridized carbons (Fsp3) is 0.154. The number of hydrogen-bond acceptors (Lipinski definition) is 2. The number of pyridine rings is 1. The van der Waals surface area contributed by atoms with Crippen LogP contribution in [0.1, 0.15) is 92.7 Å². The van der Waals surface area contributed by atoms with Gasteiger partial charge in [0.05, 0.1) is 47.1 Å². The summed E-state index contributed by atoms with van der Waals surface area (Å²) in [5, 5.41) is 2.13. The molecular weight excluding hydrogens is 1010 g/mol. The summed E-state index contributed by atoms with van der Waals surface area (Å²) in [4.78, 5) is 4.92. The van der Waals surface area contributed by atoms with Gasteiger partial charge in [-0.15, -0.1) is 0 Å². The molecule has 13 aromatic rings. The van der Waals surface area contributed by atoms with Gasteiger partial charge in [0.2, 0.25) is 0 Å². The van der Waals surface area contributed by atoms with Crippen LogP contribution in [0.5, 0.6) is 11.5 Å². The molecule has 0 fully saturated rings. The van der Waals surface area contributed by atoms with Crippen molar-refractivity contribution in [2.75, 3.05) is 0 Å². The van der Waals surface area contributed by atoms with Crippen LogP contribution in [0.2, 0.25) is 0 Å². The Morgan fingerprint density at radius 3 is 1.72 bits per heavy atom. The Bertz CT molecular complexity index is 5240. The molecule has 3 aromatic heterocycles. The molecule has 0 saturated heterocycles. The van der Waals surface area contributed by atoms with Crippen LogP contribution >= 0.6 is 0 Å². The van der Waals surface area contributed by atoms with Crippen LogP contribution in [0.15, 0.2) is 236 Å². The molecule has 404 valence electrons. The van der Waals surface area contributed by atoms with E-state index in [1.165, 1.54) is 0 Å². The normalized spacial score (nSPS) is 14.1. The quantitative estimate of drug-likeness (QED) is 0.118. The summed E-state index contributed by atoms with van der Waals surface area (Å²) in [6, 6.07) is 51.9. The lowest BCUT2D eigenvalue weighted by atomic mass is 9.78. The summed E-state index contributed by atoms with van der Waals surface area (Å²) in [6.07, 6.45) is 5.70. The number of benzene rings is 10. The maximum absolute atomic E-state index is 9.61. The average Bonchev–Trinajstić information content (AvgIpc) is 1.61. The maximum Gasteiger partial charge on any atom is 0.269 e. The number of hydrogen-bond donors (Lipinski definition) is 0. The third-order valence-electron chi connectivity index (χ3n) is 16.2. The Labute approximate surface area is 501 Å². The molecule has 1 aliphatic rings. The highest BCUT2D eigenvalue weighted by molar-refractivity contribution is 6.10. The van der Waals surface area contributed by atoms with Crippen molar-refractivity contribution >= 4 is 32.8 Å². The summed E-state index contributed by atoms with van der Waals surface area (Å²) in [7, 11) is 0. The van der Waals surface area contributed by atoms with Gasteiger partial charge in [-0.05, 0) is 154 Å². The Morgan fingerprint density at radius 2 is 1.01 bits per heavy atom. The van der Waals surface area contributed by atoms with Gasteiger partial charge >= 0.3 is 0 Å². The summed E-state index contributed by atoms with van der Waals surface area (Å²) in [6.45, 7) is 19.9. The fourth-order valence-corrected chi connectivity index (χ4v) is 11.9. The highest BCUT2D eigenvalue weighted by atomic mass is 16.5. The topological polar surface area (TPSA) is 35.9 Å². The van der Waals surface area contributed by atoms with E-state index >= 15 is 0 Å². The lowest BCUT2D eigenvalue weighted by Gasteiger charge is -2.26. The van der Waals surface area contributed by atoms with Crippen LogP contribution in [-0.2, 0) is 16.2 Å². The molecule has 0 radical (unpaired) electrons. The van der Waals surface area contributed by atoms with Gasteiger partial charge in [0, 0.05) is 23.0 Å². The van der Waals surface area contributed by atoms with E-state index in [4.69, 9.17) is 17.9 Å². The van der Waals surface area contributed by atoms with Crippen molar-refractivity contribution in [3.63, 3.8) is 0 Å². The van der Waals surface area contributed by atoms with Crippen LogP contribution in [0.25, 0.3) is 117 Å². The van der Waals surface area contributed by atoms with Crippen LogP contribution < -0.4 is 9.30 Å². The zero-order valence-electron chi connectivity index (χ0n) is 57.9. The SMILES string of the molecule is [2H]c1c([2H])c([2H])c(-c2cccc3c2-c2cccc(-c4c([2H])c([2H])c([2H])c([2H])c4[2H])c2-[n+]2[c-]n(-c4cccc(Oc5ccc6c7ccccc7n(-c7cc(C(C)(C)C)ccn7)c6c5)c4)c4cc(-c5cc(C(C)(C)C)cc(C(C)(C)C)c5)cc(c42)-c2ccccc2-3)c([2H])c1[2H]. The molecule has 5 heteroatoms. The molecular formula is C78H66N4O. The van der Waals surface area contributed by atoms with Gasteiger partial charge in [-0.1, -0.05) is 232 Å². The van der Waals surface area contributed by atoms with Gasteiger partial charge < -0.3 is 4.74 Å². The summed E-state index contributed by atoms with van der Waals surface area (Å²) >= 11 is 0. The van der Waals surface area contributed by atoms with Crippen molar-refractivity contribution in [1.82, 2.24) is 14.1 Å². The van der Waals surface area contributed by atoms with Gasteiger partial charge in [0.15, 0.2) is 0 Å². The Hall–Kier alpha value is -9.58. The molecule has 0 spiro atoms. The van der Waals surface area contributed by atoms with Crippen LogP contribution in [0.4, 0.5) is 0 Å². The van der Waals surface area contributed by atoms with Gasteiger partial charge in [-0.2, -0.15) is 0 Å². The third-order valence-corrected chi connectivity index (χ3v) is 16.2. The Kier molecular flexibility index (Phi) is 9.76. The van der Waals surface area contributed by atoms with Crippen LogP contribution in [-0.4, -0.2) is 14.1 Å². The molecule has 4 heterocycles. The fourth-order valence-electron chi connectivity index (χ4n) is 11.9. The van der Waals surface area contributed by atoms with Gasteiger partial charge in [0.1, 0.15) is 17.3 Å². The second-order valence-corrected chi connectivity index (χ2v) is 24.7. The first-order valence-corrected chi connectivity index (χ1v) is 28.2. The van der Waals surface area contributed by atoms with E-state index in [2.05, 4.69) is 146 Å². The zero-order chi connectivity index (χ0) is 65.6. The lowest BCUT2D eigenvalue weighted by molar-refractivity contribution is -0.570. The van der Waals surface area contributed by atoms with Crippen molar-refractivity contribution in [2.24, 2.45) is 0 Å². The molecule has 0 bridgehead atoms. The van der Waals surface area contributed by atoms with Gasteiger partial charge in [0.25, 0.3) is 6.33 Å². The average molecular weight is 1090 g/mol. The highest BCUT2D eigenvalue weighted by Gasteiger charge is 2.30. The molecule has 0 amide bonds. The summed E-state index contributed by atoms with van der Waals surface area (Å²) < 4.78 is 105. The van der Waals surface area contributed by atoms with E-state index in [1.54, 1.807) is 18.2 Å². The zero-order valence-corrected chi connectivity index (χ0v) is 47.9. The van der Waals surface area contributed by atoms with Crippen molar-refractivity contribution in [3.8, 4) is 95.5 Å². The maximum atomic E-state index is 9.61. The number of rotatable bonds is 7. The summed E-state index contributed by atoms with van der Waals surface area (Å²) in [5.41, 5.74) is 13.6. The second kappa shape index (κ2) is 19.6. The minimum Gasteiger partial charge on any atom is -0.458 e. The van der Waals surface area contributed by atoms with Crippen molar-refractivity contribution in [2.45, 2.75) is 78.6 Å². The Morgan fingerprint density at radius 1 is 0.434 bits per heavy atom. The number of para-hydroxylation sites is 2. The predicted molar refractivity (Wildman–Crippen MR) is 345 cm³/mol. The van der Waals surface area contributed by atoms with Crippen molar-refractivity contribution in [1.29, 1.82) is 0 Å². The van der Waals surface area contributed by atoms with Crippen LogP contribution in [0.3, 0.4) is 0 Å². The number of imidazole rings is 1. The predicted octanol–water partition coefficient (Wildman–Crippen LogP) is 20.2. The first kappa shape index (κ1) is 41.4. The van der Waals surface area contributed by atoms with E-state index in [0.717, 1.165) is 72.1 Å². The minimum atomic E-state index is -0.545. The lowest BCUT2D eigenvalue weighted by Crippen LogP contribution is -2.32.